The predicted octanol–water partition coefficient (Wildman–Crippen LogP) is 2.52. The van der Waals surface area contributed by atoms with E-state index in [1.54, 1.807) is 12.1 Å². The molecule has 0 bridgehead atoms. The topological polar surface area (TPSA) is 35.5 Å². The molecule has 1 fully saturated rings. The minimum absolute atomic E-state index is 0.0190. The summed E-state index contributed by atoms with van der Waals surface area (Å²) < 4.78 is 13.8. The number of nitrogens with one attached hydrogen (secondary N) is 1. The molecule has 0 saturated carbocycles. The van der Waals surface area contributed by atoms with Gasteiger partial charge in [0, 0.05) is 24.2 Å². The van der Waals surface area contributed by atoms with Gasteiger partial charge < -0.3 is 10.4 Å². The van der Waals surface area contributed by atoms with Gasteiger partial charge in [-0.15, -0.1) is 0 Å². The molecule has 1 saturated heterocycles. The van der Waals surface area contributed by atoms with Crippen LogP contribution in [-0.4, -0.2) is 36.7 Å². The van der Waals surface area contributed by atoms with Crippen LogP contribution < -0.4 is 5.32 Å². The zero-order valence-corrected chi connectivity index (χ0v) is 11.7. The number of hydrogen-bond donors (Lipinski definition) is 2. The van der Waals surface area contributed by atoms with E-state index in [1.807, 2.05) is 14.0 Å². The molecular formula is C15H23FN2O. The Bertz CT molecular complexity index is 419. The lowest BCUT2D eigenvalue weighted by Gasteiger charge is -2.31. The summed E-state index contributed by atoms with van der Waals surface area (Å²) in [6, 6.07) is 4.43. The van der Waals surface area contributed by atoms with Gasteiger partial charge in [-0.2, -0.15) is 0 Å². The molecule has 0 radical (unpaired) electrons. The molecule has 0 aromatic heterocycles. The fourth-order valence-electron chi connectivity index (χ4n) is 2.72. The molecule has 1 aliphatic rings. The van der Waals surface area contributed by atoms with Crippen LogP contribution in [-0.2, 0) is 0 Å². The Morgan fingerprint density at radius 1 is 1.42 bits per heavy atom. The van der Waals surface area contributed by atoms with E-state index in [2.05, 4.69) is 10.2 Å². The second-order valence-electron chi connectivity index (χ2n) is 5.51. The third-order valence-corrected chi connectivity index (χ3v) is 4.10. The minimum atomic E-state index is -0.329. The Morgan fingerprint density at radius 3 is 2.74 bits per heavy atom. The van der Waals surface area contributed by atoms with Gasteiger partial charge in [0.05, 0.1) is 0 Å². The third kappa shape index (κ3) is 3.67. The van der Waals surface area contributed by atoms with Crippen LogP contribution in [0.25, 0.3) is 0 Å². The van der Waals surface area contributed by atoms with Crippen LogP contribution in [0.15, 0.2) is 18.2 Å². The number of halogens is 1. The smallest absolute Gasteiger partial charge is 0.131 e. The van der Waals surface area contributed by atoms with Crippen molar-refractivity contribution in [2.24, 2.45) is 5.92 Å². The molecule has 1 unspecified atom stereocenters. The number of nitrogens with zero attached hydrogens (tertiary/aromatic N) is 1. The van der Waals surface area contributed by atoms with Crippen LogP contribution in [0.5, 0.6) is 5.75 Å². The lowest BCUT2D eigenvalue weighted by Crippen LogP contribution is -2.35. The molecule has 1 heterocycles. The molecule has 2 rings (SSSR count). The molecular weight excluding hydrogens is 243 g/mol. The van der Waals surface area contributed by atoms with E-state index in [9.17, 15) is 9.50 Å². The second-order valence-corrected chi connectivity index (χ2v) is 5.51. The van der Waals surface area contributed by atoms with E-state index < -0.39 is 0 Å². The van der Waals surface area contributed by atoms with Crippen molar-refractivity contribution < 1.29 is 9.50 Å². The van der Waals surface area contributed by atoms with Gasteiger partial charge in [-0.25, -0.2) is 4.39 Å². The lowest BCUT2D eigenvalue weighted by molar-refractivity contribution is 0.194. The highest BCUT2D eigenvalue weighted by atomic mass is 19.1. The number of piperidine rings is 1. The fourth-order valence-corrected chi connectivity index (χ4v) is 2.72. The van der Waals surface area contributed by atoms with Gasteiger partial charge in [0.25, 0.3) is 0 Å². The molecule has 0 aliphatic carbocycles. The van der Waals surface area contributed by atoms with Gasteiger partial charge in [-0.3, -0.25) is 4.90 Å². The molecule has 1 aliphatic heterocycles. The average molecular weight is 266 g/mol. The molecule has 4 heteroatoms. The summed E-state index contributed by atoms with van der Waals surface area (Å²) in [5.41, 5.74) is 0.647. The first-order valence-electron chi connectivity index (χ1n) is 6.97. The van der Waals surface area contributed by atoms with Gasteiger partial charge >= 0.3 is 0 Å². The lowest BCUT2D eigenvalue weighted by atomic mass is 9.96. The van der Waals surface area contributed by atoms with Gasteiger partial charge in [0.1, 0.15) is 11.6 Å². The first kappa shape index (κ1) is 14.3. The zero-order chi connectivity index (χ0) is 13.8. The summed E-state index contributed by atoms with van der Waals surface area (Å²) >= 11 is 0. The van der Waals surface area contributed by atoms with Gasteiger partial charge in [-0.05, 0) is 51.9 Å². The van der Waals surface area contributed by atoms with Gasteiger partial charge in [0.15, 0.2) is 0 Å². The van der Waals surface area contributed by atoms with Crippen LogP contribution in [0.3, 0.4) is 0 Å². The van der Waals surface area contributed by atoms with Crippen molar-refractivity contribution in [3.63, 3.8) is 0 Å². The fraction of sp³-hybridized carbons (Fsp3) is 0.600. The molecule has 1 aromatic carbocycles. The Morgan fingerprint density at radius 2 is 2.11 bits per heavy atom. The number of rotatable bonds is 4. The van der Waals surface area contributed by atoms with Gasteiger partial charge in [-0.1, -0.05) is 6.07 Å². The van der Waals surface area contributed by atoms with Crippen LogP contribution in [0.1, 0.15) is 31.4 Å². The minimum Gasteiger partial charge on any atom is -0.508 e. The molecule has 2 N–H and O–H groups in total. The summed E-state index contributed by atoms with van der Waals surface area (Å²) in [7, 11) is 2.04. The van der Waals surface area contributed by atoms with Crippen molar-refractivity contribution in [2.75, 3.05) is 26.7 Å². The van der Waals surface area contributed by atoms with Crippen molar-refractivity contribution in [3.05, 3.63) is 29.6 Å². The average Bonchev–Trinajstić information content (AvgIpc) is 2.39. The number of phenolic OH excluding ortho intramolecular Hbond substituents is 1. The Labute approximate surface area is 114 Å². The van der Waals surface area contributed by atoms with Gasteiger partial charge in [0.2, 0.25) is 0 Å². The summed E-state index contributed by atoms with van der Waals surface area (Å²) in [4.78, 5) is 2.20. The maximum atomic E-state index is 13.8. The molecule has 0 spiro atoms. The second kappa shape index (κ2) is 6.35. The SMILES string of the molecule is CC(c1ccc(O)cc1F)N(C)CC1CCNCC1. The summed E-state index contributed by atoms with van der Waals surface area (Å²) in [5.74, 6) is 0.341. The Balaban J connectivity index is 1.99. The summed E-state index contributed by atoms with van der Waals surface area (Å²) in [6.07, 6.45) is 2.38. The van der Waals surface area contributed by atoms with Crippen LogP contribution in [0, 0.1) is 11.7 Å². The number of aromatic hydroxyl groups is 1. The van der Waals surface area contributed by atoms with Crippen molar-refractivity contribution in [1.29, 1.82) is 0 Å². The van der Waals surface area contributed by atoms with E-state index in [4.69, 9.17) is 0 Å². The van der Waals surface area contributed by atoms with E-state index >= 15 is 0 Å². The van der Waals surface area contributed by atoms with Crippen molar-refractivity contribution >= 4 is 0 Å². The molecule has 1 atom stereocenters. The quantitative estimate of drug-likeness (QED) is 0.879. The van der Waals surface area contributed by atoms with Crippen molar-refractivity contribution in [3.8, 4) is 5.75 Å². The highest BCUT2D eigenvalue weighted by Gasteiger charge is 2.20. The van der Waals surface area contributed by atoms with E-state index in [0.717, 1.165) is 19.6 Å². The standard InChI is InChI=1S/C15H23FN2O/c1-11(14-4-3-13(19)9-15(14)16)18(2)10-12-5-7-17-8-6-12/h3-4,9,11-12,17,19H,5-8,10H2,1-2H3. The first-order valence-corrected chi connectivity index (χ1v) is 6.97. The van der Waals surface area contributed by atoms with Crippen LogP contribution in [0.4, 0.5) is 4.39 Å². The van der Waals surface area contributed by atoms with Crippen molar-refractivity contribution in [1.82, 2.24) is 10.2 Å². The maximum absolute atomic E-state index is 13.8. The highest BCUT2D eigenvalue weighted by Crippen LogP contribution is 2.26. The van der Waals surface area contributed by atoms with Crippen LogP contribution >= 0.6 is 0 Å². The van der Waals surface area contributed by atoms with E-state index in [0.29, 0.717) is 11.5 Å². The van der Waals surface area contributed by atoms with Crippen LogP contribution in [0.2, 0.25) is 0 Å². The summed E-state index contributed by atoms with van der Waals surface area (Å²) in [5, 5.41) is 12.6. The zero-order valence-electron chi connectivity index (χ0n) is 11.7. The first-order chi connectivity index (χ1) is 9.08. The molecule has 0 amide bonds. The molecule has 106 valence electrons. The molecule has 3 nitrogen and oxygen atoms in total. The Hall–Kier alpha value is -1.13. The molecule has 1 aromatic rings. The largest absolute Gasteiger partial charge is 0.508 e. The van der Waals surface area contributed by atoms with Crippen molar-refractivity contribution in [2.45, 2.75) is 25.8 Å². The third-order valence-electron chi connectivity index (χ3n) is 4.10. The number of hydrogen-bond acceptors (Lipinski definition) is 3. The maximum Gasteiger partial charge on any atom is 0.131 e. The summed E-state index contributed by atoms with van der Waals surface area (Å²) in [6.45, 7) is 5.17. The normalized spacial score (nSPS) is 18.7. The monoisotopic (exact) mass is 266 g/mol. The number of benzene rings is 1. The van der Waals surface area contributed by atoms with E-state index in [1.165, 1.54) is 18.9 Å². The highest BCUT2D eigenvalue weighted by molar-refractivity contribution is 5.29. The predicted molar refractivity (Wildman–Crippen MR) is 74.7 cm³/mol. The molecule has 19 heavy (non-hydrogen) atoms. The Kier molecular flexibility index (Phi) is 4.77. The number of phenols is 1. The van der Waals surface area contributed by atoms with E-state index in [-0.39, 0.29) is 17.6 Å².